The fraction of sp³-hybridized carbons (Fsp3) is 0.238. The Kier molecular flexibility index (Phi) is 4.21. The number of carbonyl (C=O) groups is 2. The smallest absolute Gasteiger partial charge is 0.338 e. The van der Waals surface area contributed by atoms with E-state index in [9.17, 15) is 9.59 Å². The van der Waals surface area contributed by atoms with E-state index in [1.165, 1.54) is 16.5 Å². The summed E-state index contributed by atoms with van der Waals surface area (Å²) < 4.78 is 7.10. The molecule has 0 fully saturated rings. The van der Waals surface area contributed by atoms with Gasteiger partial charge in [0.15, 0.2) is 0 Å². The number of carbonyl (C=O) groups excluding carboxylic acids is 2. The van der Waals surface area contributed by atoms with Crippen molar-refractivity contribution in [3.63, 3.8) is 0 Å². The maximum atomic E-state index is 12.2. The molecule has 0 unspecified atom stereocenters. The zero-order valence-electron chi connectivity index (χ0n) is 14.6. The van der Waals surface area contributed by atoms with Gasteiger partial charge in [-0.15, -0.1) is 0 Å². The molecule has 1 amide bonds. The number of aromatic nitrogens is 1. The molecular weight excluding hydrogens is 328 g/mol. The van der Waals surface area contributed by atoms with Crippen molar-refractivity contribution in [2.75, 3.05) is 5.32 Å². The van der Waals surface area contributed by atoms with Gasteiger partial charge < -0.3 is 14.6 Å². The molecule has 1 aliphatic rings. The number of fused-ring (bicyclic) bond motifs is 2. The fourth-order valence-electron chi connectivity index (χ4n) is 3.50. The Labute approximate surface area is 151 Å². The van der Waals surface area contributed by atoms with Crippen LogP contribution in [-0.4, -0.2) is 16.4 Å². The van der Waals surface area contributed by atoms with Crippen LogP contribution < -0.4 is 5.32 Å². The van der Waals surface area contributed by atoms with E-state index >= 15 is 0 Å². The monoisotopic (exact) mass is 348 g/mol. The van der Waals surface area contributed by atoms with Crippen LogP contribution in [0.2, 0.25) is 0 Å². The first kappa shape index (κ1) is 16.4. The molecule has 2 heterocycles. The van der Waals surface area contributed by atoms with E-state index in [1.54, 1.807) is 12.1 Å². The summed E-state index contributed by atoms with van der Waals surface area (Å²) in [6.07, 6.45) is 4.24. The first-order valence-electron chi connectivity index (χ1n) is 8.74. The second kappa shape index (κ2) is 6.67. The molecule has 5 heteroatoms. The van der Waals surface area contributed by atoms with Crippen LogP contribution in [0.5, 0.6) is 0 Å². The second-order valence-electron chi connectivity index (χ2n) is 6.63. The molecule has 0 aliphatic carbocycles. The van der Waals surface area contributed by atoms with Gasteiger partial charge in [-0.3, -0.25) is 4.79 Å². The van der Waals surface area contributed by atoms with Gasteiger partial charge in [0.1, 0.15) is 6.61 Å². The van der Waals surface area contributed by atoms with Crippen molar-refractivity contribution in [2.45, 2.75) is 25.9 Å². The van der Waals surface area contributed by atoms with Gasteiger partial charge >= 0.3 is 5.97 Å². The molecule has 1 aromatic heterocycles. The van der Waals surface area contributed by atoms with E-state index in [0.29, 0.717) is 17.7 Å². The highest BCUT2D eigenvalue weighted by Crippen LogP contribution is 2.24. The predicted octanol–water partition coefficient (Wildman–Crippen LogP) is 3.81. The summed E-state index contributed by atoms with van der Waals surface area (Å²) in [6, 6.07) is 13.6. The number of para-hydroxylation sites is 1. The zero-order chi connectivity index (χ0) is 18.1. The van der Waals surface area contributed by atoms with E-state index in [2.05, 4.69) is 28.2 Å². The van der Waals surface area contributed by atoms with Gasteiger partial charge in [0.2, 0.25) is 5.91 Å². The quantitative estimate of drug-likeness (QED) is 0.713. The van der Waals surface area contributed by atoms with E-state index in [0.717, 1.165) is 18.4 Å². The Hall–Kier alpha value is -3.08. The number of hydrogen-bond acceptors (Lipinski definition) is 3. The Morgan fingerprint density at radius 1 is 1.23 bits per heavy atom. The van der Waals surface area contributed by atoms with E-state index in [4.69, 9.17) is 4.74 Å². The summed E-state index contributed by atoms with van der Waals surface area (Å²) in [7, 11) is 2.04. The van der Waals surface area contributed by atoms with Gasteiger partial charge in [0, 0.05) is 41.8 Å². The lowest BCUT2D eigenvalue weighted by Gasteiger charge is -2.06. The number of nitrogens with one attached hydrogen (secondary N) is 1. The van der Waals surface area contributed by atoms with Gasteiger partial charge in [-0.2, -0.15) is 0 Å². The number of aryl methyl sites for hydroxylation is 2. The summed E-state index contributed by atoms with van der Waals surface area (Å²) in [5.74, 6) is -0.316. The molecule has 0 atom stereocenters. The van der Waals surface area contributed by atoms with Crippen molar-refractivity contribution in [2.24, 2.45) is 7.05 Å². The Morgan fingerprint density at radius 2 is 2.08 bits per heavy atom. The molecule has 4 rings (SSSR count). The third kappa shape index (κ3) is 3.08. The Morgan fingerprint density at radius 3 is 2.96 bits per heavy atom. The first-order valence-corrected chi connectivity index (χ1v) is 8.74. The van der Waals surface area contributed by atoms with Crippen LogP contribution in [0, 0.1) is 0 Å². The van der Waals surface area contributed by atoms with Gasteiger partial charge in [-0.25, -0.2) is 4.79 Å². The van der Waals surface area contributed by atoms with Crippen LogP contribution in [0.25, 0.3) is 10.9 Å². The van der Waals surface area contributed by atoms with Crippen molar-refractivity contribution in [3.05, 3.63) is 65.4 Å². The summed E-state index contributed by atoms with van der Waals surface area (Å²) >= 11 is 0. The molecule has 1 aliphatic heterocycles. The molecule has 0 spiro atoms. The number of amides is 1. The summed E-state index contributed by atoms with van der Waals surface area (Å²) in [6.45, 7) is 0.277. The molecule has 26 heavy (non-hydrogen) atoms. The molecule has 0 saturated heterocycles. The number of benzene rings is 2. The topological polar surface area (TPSA) is 60.3 Å². The van der Waals surface area contributed by atoms with Crippen molar-refractivity contribution in [1.29, 1.82) is 0 Å². The number of rotatable bonds is 5. The lowest BCUT2D eigenvalue weighted by molar-refractivity contribution is -0.116. The van der Waals surface area contributed by atoms with E-state index in [1.807, 2.05) is 25.2 Å². The van der Waals surface area contributed by atoms with Crippen molar-refractivity contribution >= 4 is 28.5 Å². The van der Waals surface area contributed by atoms with Crippen LogP contribution in [-0.2, 0) is 29.6 Å². The molecule has 1 N–H and O–H groups in total. The van der Waals surface area contributed by atoms with Crippen LogP contribution in [0.4, 0.5) is 5.69 Å². The number of esters is 1. The lowest BCUT2D eigenvalue weighted by atomic mass is 10.1. The van der Waals surface area contributed by atoms with Crippen LogP contribution in [0.15, 0.2) is 48.7 Å². The average Bonchev–Trinajstić information content (AvgIpc) is 3.16. The number of nitrogens with zero attached hydrogens (tertiary/aromatic N) is 1. The van der Waals surface area contributed by atoms with E-state index in [-0.39, 0.29) is 18.5 Å². The van der Waals surface area contributed by atoms with Crippen molar-refractivity contribution < 1.29 is 14.3 Å². The van der Waals surface area contributed by atoms with Crippen LogP contribution in [0.3, 0.4) is 0 Å². The van der Waals surface area contributed by atoms with Crippen LogP contribution in [0.1, 0.15) is 34.3 Å². The Balaban J connectivity index is 1.35. The molecule has 132 valence electrons. The van der Waals surface area contributed by atoms with Crippen molar-refractivity contribution in [1.82, 2.24) is 4.57 Å². The standard InChI is InChI=1S/C21H20N2O3/c1-23-12-14(17-6-2-3-7-19(17)23)5-4-8-20(24)22-16-9-10-18-15(11-16)13-26-21(18)25/h2-3,6-7,9-12H,4-5,8,13H2,1H3,(H,22,24). The molecule has 3 aromatic rings. The zero-order valence-corrected chi connectivity index (χ0v) is 14.6. The minimum atomic E-state index is -0.298. The number of ether oxygens (including phenoxy) is 1. The maximum Gasteiger partial charge on any atom is 0.338 e. The van der Waals surface area contributed by atoms with Gasteiger partial charge in [0.25, 0.3) is 0 Å². The number of anilines is 1. The highest BCUT2D eigenvalue weighted by atomic mass is 16.5. The summed E-state index contributed by atoms with van der Waals surface area (Å²) in [5, 5.41) is 4.15. The first-order chi connectivity index (χ1) is 12.6. The summed E-state index contributed by atoms with van der Waals surface area (Å²) in [5.41, 5.74) is 4.59. The molecule has 0 saturated carbocycles. The SMILES string of the molecule is Cn1cc(CCCC(=O)Nc2ccc3c(c2)COC3=O)c2ccccc21. The predicted molar refractivity (Wildman–Crippen MR) is 100 cm³/mol. The summed E-state index contributed by atoms with van der Waals surface area (Å²) in [4.78, 5) is 23.7. The average molecular weight is 348 g/mol. The second-order valence-corrected chi connectivity index (χ2v) is 6.63. The normalized spacial score (nSPS) is 12.9. The molecule has 5 nitrogen and oxygen atoms in total. The maximum absolute atomic E-state index is 12.2. The van der Waals surface area contributed by atoms with Crippen LogP contribution >= 0.6 is 0 Å². The highest BCUT2D eigenvalue weighted by molar-refractivity contribution is 5.95. The van der Waals surface area contributed by atoms with Gasteiger partial charge in [-0.1, -0.05) is 18.2 Å². The molecule has 2 aromatic carbocycles. The van der Waals surface area contributed by atoms with Gasteiger partial charge in [0.05, 0.1) is 5.56 Å². The van der Waals surface area contributed by atoms with Gasteiger partial charge in [-0.05, 0) is 42.7 Å². The largest absolute Gasteiger partial charge is 0.457 e. The minimum Gasteiger partial charge on any atom is -0.457 e. The fourth-order valence-corrected chi connectivity index (χ4v) is 3.50. The number of hydrogen-bond donors (Lipinski definition) is 1. The minimum absolute atomic E-state index is 0.0181. The molecule has 0 radical (unpaired) electrons. The van der Waals surface area contributed by atoms with Crippen molar-refractivity contribution in [3.8, 4) is 0 Å². The highest BCUT2D eigenvalue weighted by Gasteiger charge is 2.21. The van der Waals surface area contributed by atoms with E-state index < -0.39 is 0 Å². The third-order valence-electron chi connectivity index (χ3n) is 4.80. The molecule has 0 bridgehead atoms. The molecular formula is C21H20N2O3. The number of cyclic esters (lactones) is 1. The Bertz CT molecular complexity index is 1000. The third-order valence-corrected chi connectivity index (χ3v) is 4.80. The lowest BCUT2D eigenvalue weighted by Crippen LogP contribution is -2.11.